The van der Waals surface area contributed by atoms with Gasteiger partial charge in [-0.25, -0.2) is 4.79 Å². The maximum absolute atomic E-state index is 13.6. The minimum Gasteiger partial charge on any atom is -0.444 e. The normalized spacial score (nSPS) is 23.1. The number of anilines is 1. The molecule has 0 aromatic heterocycles. The molecule has 0 bridgehead atoms. The minimum absolute atomic E-state index is 0.0833. The van der Waals surface area contributed by atoms with Crippen molar-refractivity contribution in [2.24, 2.45) is 5.92 Å². The summed E-state index contributed by atoms with van der Waals surface area (Å²) in [5.41, 5.74) is -1.54. The van der Waals surface area contributed by atoms with Crippen molar-refractivity contribution in [3.8, 4) is 0 Å². The molecule has 12 heteroatoms. The fourth-order valence-electron chi connectivity index (χ4n) is 4.76. The van der Waals surface area contributed by atoms with Crippen molar-refractivity contribution in [3.05, 3.63) is 28.8 Å². The summed E-state index contributed by atoms with van der Waals surface area (Å²) in [6, 6.07) is 1.68. The maximum Gasteiger partial charge on any atom is 0.416 e. The summed E-state index contributed by atoms with van der Waals surface area (Å²) in [6.07, 6.45) is -3.78. The number of halogens is 4. The molecule has 206 valence electrons. The Bertz CT molecular complexity index is 1030. The molecule has 2 aliphatic heterocycles. The zero-order valence-electron chi connectivity index (χ0n) is 21.7. The topological polar surface area (TPSA) is 82.2 Å². The van der Waals surface area contributed by atoms with Gasteiger partial charge >= 0.3 is 12.3 Å². The molecule has 2 saturated heterocycles. The number of ether oxygens (including phenoxy) is 1. The number of alkyl halides is 3. The van der Waals surface area contributed by atoms with Gasteiger partial charge in [0.2, 0.25) is 11.8 Å². The van der Waals surface area contributed by atoms with Crippen LogP contribution in [0.15, 0.2) is 18.2 Å². The molecule has 1 aromatic carbocycles. The van der Waals surface area contributed by atoms with Crippen molar-refractivity contribution in [1.29, 1.82) is 0 Å². The zero-order chi connectivity index (χ0) is 27.7. The van der Waals surface area contributed by atoms with Crippen LogP contribution in [-0.4, -0.2) is 84.0 Å². The van der Waals surface area contributed by atoms with Gasteiger partial charge in [-0.15, -0.1) is 0 Å². The van der Waals surface area contributed by atoms with Crippen molar-refractivity contribution in [2.45, 2.75) is 63.9 Å². The Balaban J connectivity index is 1.84. The number of hydrogen-bond acceptors (Lipinski definition) is 5. The van der Waals surface area contributed by atoms with Crippen molar-refractivity contribution in [2.75, 3.05) is 39.0 Å². The highest BCUT2D eigenvalue weighted by Gasteiger charge is 2.44. The summed E-state index contributed by atoms with van der Waals surface area (Å²) in [5, 5.41) is 2.81. The molecular weight excluding hydrogens is 513 g/mol. The number of hydrogen-bond donors (Lipinski definition) is 1. The lowest BCUT2D eigenvalue weighted by atomic mass is 9.87. The standard InChI is InChI=1S/C25H34ClF3N4O4/c1-24(2,3)37-23(36)32-10-8-18(21(34)31(4)5)20(14-32)33-9-6-7-19(22(33)35)30-17-12-15(25(27,28)29)11-16(26)13-17/h11-13,18-20,30H,6-10,14H2,1-5H3. The van der Waals surface area contributed by atoms with Crippen LogP contribution in [0.2, 0.25) is 5.02 Å². The van der Waals surface area contributed by atoms with Crippen LogP contribution in [-0.2, 0) is 20.5 Å². The molecule has 1 aromatic rings. The van der Waals surface area contributed by atoms with Crippen LogP contribution in [0.1, 0.15) is 45.6 Å². The second kappa shape index (κ2) is 11.0. The third kappa shape index (κ3) is 7.21. The van der Waals surface area contributed by atoms with E-state index in [2.05, 4.69) is 5.32 Å². The summed E-state index contributed by atoms with van der Waals surface area (Å²) < 4.78 is 45.3. The Labute approximate surface area is 220 Å². The van der Waals surface area contributed by atoms with E-state index in [1.54, 1.807) is 39.8 Å². The molecule has 8 nitrogen and oxygen atoms in total. The van der Waals surface area contributed by atoms with Gasteiger partial charge in [0.25, 0.3) is 0 Å². The number of amides is 3. The summed E-state index contributed by atoms with van der Waals surface area (Å²) in [4.78, 5) is 43.9. The van der Waals surface area contributed by atoms with E-state index in [-0.39, 0.29) is 29.1 Å². The molecule has 3 unspecified atom stereocenters. The van der Waals surface area contributed by atoms with Crippen LogP contribution in [0, 0.1) is 5.92 Å². The first-order valence-corrected chi connectivity index (χ1v) is 12.6. The Kier molecular flexibility index (Phi) is 8.56. The molecule has 0 saturated carbocycles. The number of rotatable bonds is 4. The Morgan fingerprint density at radius 1 is 1.11 bits per heavy atom. The third-order valence-electron chi connectivity index (χ3n) is 6.43. The van der Waals surface area contributed by atoms with E-state index < -0.39 is 41.4 Å². The first-order chi connectivity index (χ1) is 17.1. The lowest BCUT2D eigenvalue weighted by molar-refractivity contribution is -0.146. The highest BCUT2D eigenvalue weighted by Crippen LogP contribution is 2.34. The summed E-state index contributed by atoms with van der Waals surface area (Å²) in [7, 11) is 3.28. The smallest absolute Gasteiger partial charge is 0.416 e. The number of piperidine rings is 2. The molecule has 3 rings (SSSR count). The minimum atomic E-state index is -4.59. The molecule has 2 aliphatic rings. The number of likely N-dealkylation sites (tertiary alicyclic amines) is 2. The van der Waals surface area contributed by atoms with Gasteiger partial charge in [0.1, 0.15) is 11.6 Å². The monoisotopic (exact) mass is 546 g/mol. The number of nitrogens with zero attached hydrogens (tertiary/aromatic N) is 3. The third-order valence-corrected chi connectivity index (χ3v) is 6.65. The van der Waals surface area contributed by atoms with Gasteiger partial charge in [-0.1, -0.05) is 11.6 Å². The highest BCUT2D eigenvalue weighted by molar-refractivity contribution is 6.31. The largest absolute Gasteiger partial charge is 0.444 e. The van der Waals surface area contributed by atoms with Gasteiger partial charge in [-0.2, -0.15) is 13.2 Å². The first kappa shape index (κ1) is 28.9. The second-order valence-electron chi connectivity index (χ2n) is 10.7. The molecule has 0 spiro atoms. The Morgan fingerprint density at radius 2 is 1.78 bits per heavy atom. The van der Waals surface area contributed by atoms with Gasteiger partial charge in [-0.05, 0) is 58.2 Å². The molecule has 3 atom stereocenters. The SMILES string of the molecule is CN(C)C(=O)C1CCN(C(=O)OC(C)(C)C)CC1N1CCCC(Nc2cc(Cl)cc(C(F)(F)F)c2)C1=O. The average molecular weight is 547 g/mol. The predicted molar refractivity (Wildman–Crippen MR) is 133 cm³/mol. The number of benzene rings is 1. The van der Waals surface area contributed by atoms with Crippen LogP contribution in [0.5, 0.6) is 0 Å². The van der Waals surface area contributed by atoms with E-state index in [9.17, 15) is 27.6 Å². The Morgan fingerprint density at radius 3 is 2.38 bits per heavy atom. The Hall–Kier alpha value is -2.69. The van der Waals surface area contributed by atoms with E-state index in [4.69, 9.17) is 16.3 Å². The lowest BCUT2D eigenvalue weighted by Crippen LogP contribution is -2.62. The van der Waals surface area contributed by atoms with Gasteiger partial charge in [0.15, 0.2) is 0 Å². The molecule has 37 heavy (non-hydrogen) atoms. The quantitative estimate of drug-likeness (QED) is 0.602. The number of nitrogens with one attached hydrogen (secondary N) is 1. The summed E-state index contributed by atoms with van der Waals surface area (Å²) in [5.74, 6) is -1.02. The molecule has 0 aliphatic carbocycles. The molecule has 2 fully saturated rings. The van der Waals surface area contributed by atoms with Crippen LogP contribution < -0.4 is 5.32 Å². The van der Waals surface area contributed by atoms with Gasteiger partial charge < -0.3 is 24.8 Å². The molecule has 0 radical (unpaired) electrons. The number of carbonyl (C=O) groups is 3. The van der Waals surface area contributed by atoms with Crippen LogP contribution >= 0.6 is 11.6 Å². The van der Waals surface area contributed by atoms with Gasteiger partial charge in [-0.3, -0.25) is 9.59 Å². The maximum atomic E-state index is 13.6. The van der Waals surface area contributed by atoms with E-state index in [0.717, 1.165) is 12.1 Å². The summed E-state index contributed by atoms with van der Waals surface area (Å²) in [6.45, 7) is 6.07. The van der Waals surface area contributed by atoms with Gasteiger partial charge in [0.05, 0.1) is 17.5 Å². The fourth-order valence-corrected chi connectivity index (χ4v) is 5.00. The van der Waals surface area contributed by atoms with Crippen LogP contribution in [0.4, 0.5) is 23.7 Å². The van der Waals surface area contributed by atoms with Crippen molar-refractivity contribution in [3.63, 3.8) is 0 Å². The molecule has 3 amide bonds. The molecular formula is C25H34ClF3N4O4. The summed E-state index contributed by atoms with van der Waals surface area (Å²) >= 11 is 5.91. The van der Waals surface area contributed by atoms with E-state index in [1.807, 2.05) is 0 Å². The molecule has 1 N–H and O–H groups in total. The molecule has 2 heterocycles. The van der Waals surface area contributed by atoms with Crippen LogP contribution in [0.3, 0.4) is 0 Å². The predicted octanol–water partition coefficient (Wildman–Crippen LogP) is 4.48. The second-order valence-corrected chi connectivity index (χ2v) is 11.2. The van der Waals surface area contributed by atoms with E-state index in [1.165, 1.54) is 15.9 Å². The highest BCUT2D eigenvalue weighted by atomic mass is 35.5. The number of carbonyl (C=O) groups excluding carboxylic acids is 3. The van der Waals surface area contributed by atoms with Crippen molar-refractivity contribution in [1.82, 2.24) is 14.7 Å². The van der Waals surface area contributed by atoms with Crippen molar-refractivity contribution < 1.29 is 32.3 Å². The average Bonchev–Trinajstić information content (AvgIpc) is 2.77. The fraction of sp³-hybridized carbons (Fsp3) is 0.640. The van der Waals surface area contributed by atoms with E-state index in [0.29, 0.717) is 32.4 Å². The van der Waals surface area contributed by atoms with Crippen molar-refractivity contribution >= 4 is 35.2 Å². The van der Waals surface area contributed by atoms with E-state index >= 15 is 0 Å². The first-order valence-electron chi connectivity index (χ1n) is 12.2. The van der Waals surface area contributed by atoms with Gasteiger partial charge in [0, 0.05) is 44.4 Å². The lowest BCUT2D eigenvalue weighted by Gasteiger charge is -2.46. The van der Waals surface area contributed by atoms with Crippen LogP contribution in [0.25, 0.3) is 0 Å². The zero-order valence-corrected chi connectivity index (χ0v) is 22.4.